The molecule has 1 atom stereocenters. The van der Waals surface area contributed by atoms with E-state index in [0.717, 1.165) is 11.4 Å². The molecule has 1 unspecified atom stereocenters. The van der Waals surface area contributed by atoms with Crippen LogP contribution in [0, 0.1) is 13.8 Å². The minimum absolute atomic E-state index is 0.0152. The third kappa shape index (κ3) is 2.79. The molecular weight excluding hydrogens is 194 g/mol. The van der Waals surface area contributed by atoms with Gasteiger partial charge in [0.15, 0.2) is 0 Å². The fraction of sp³-hybridized carbons (Fsp3) is 0.600. The number of H-pyrrole nitrogens is 1. The van der Waals surface area contributed by atoms with Gasteiger partial charge in [0, 0.05) is 19.3 Å². The topological polar surface area (TPSA) is 67.0 Å². The summed E-state index contributed by atoms with van der Waals surface area (Å²) in [6.07, 6.45) is 0.0152. The van der Waals surface area contributed by atoms with Gasteiger partial charge in [-0.25, -0.2) is 0 Å². The van der Waals surface area contributed by atoms with E-state index in [0.29, 0.717) is 12.1 Å². The quantitative estimate of drug-likeness (QED) is 0.773. The van der Waals surface area contributed by atoms with Crippen molar-refractivity contribution in [3.8, 4) is 0 Å². The summed E-state index contributed by atoms with van der Waals surface area (Å²) in [6.45, 7) is 6.03. The molecule has 0 bridgehead atoms. The Morgan fingerprint density at radius 1 is 1.60 bits per heavy atom. The highest BCUT2D eigenvalue weighted by atomic mass is 16.5. The van der Waals surface area contributed by atoms with Crippen molar-refractivity contribution in [3.05, 3.63) is 17.0 Å². The van der Waals surface area contributed by atoms with Gasteiger partial charge >= 0.3 is 0 Å². The lowest BCUT2D eigenvalue weighted by Crippen LogP contribution is -2.32. The number of nitrogens with one attached hydrogen (secondary N) is 2. The van der Waals surface area contributed by atoms with Crippen molar-refractivity contribution < 1.29 is 9.53 Å². The van der Waals surface area contributed by atoms with Gasteiger partial charge in [0.2, 0.25) is 0 Å². The summed E-state index contributed by atoms with van der Waals surface area (Å²) in [4.78, 5) is 11.7. The highest BCUT2D eigenvalue weighted by Crippen LogP contribution is 2.08. The molecule has 0 spiro atoms. The van der Waals surface area contributed by atoms with E-state index < -0.39 is 0 Å². The standard InChI is InChI=1S/C10H17N3O2/c1-6(15-4)5-11-10(14)9-7(2)12-13-8(9)3/h6H,5H2,1-4H3,(H,11,14)(H,12,13). The number of hydrogen-bond donors (Lipinski definition) is 2. The van der Waals surface area contributed by atoms with Crippen molar-refractivity contribution in [1.82, 2.24) is 15.5 Å². The normalized spacial score (nSPS) is 12.5. The third-order valence-electron chi connectivity index (χ3n) is 2.31. The summed E-state index contributed by atoms with van der Waals surface area (Å²) in [6, 6.07) is 0. The van der Waals surface area contributed by atoms with Crippen LogP contribution in [-0.4, -0.2) is 35.9 Å². The maximum atomic E-state index is 11.7. The van der Waals surface area contributed by atoms with Gasteiger partial charge in [-0.1, -0.05) is 0 Å². The number of amides is 1. The Hall–Kier alpha value is -1.36. The fourth-order valence-electron chi connectivity index (χ4n) is 1.29. The highest BCUT2D eigenvalue weighted by molar-refractivity contribution is 5.96. The Labute approximate surface area is 89.2 Å². The Bertz CT molecular complexity index is 327. The van der Waals surface area contributed by atoms with Gasteiger partial charge in [0.05, 0.1) is 17.4 Å². The number of aryl methyl sites for hydroxylation is 2. The van der Waals surface area contributed by atoms with Crippen molar-refractivity contribution in [2.24, 2.45) is 0 Å². The number of aromatic nitrogens is 2. The van der Waals surface area contributed by atoms with Gasteiger partial charge in [0.1, 0.15) is 0 Å². The van der Waals surface area contributed by atoms with E-state index >= 15 is 0 Å². The number of carbonyl (C=O) groups is 1. The zero-order chi connectivity index (χ0) is 11.4. The number of hydrogen-bond acceptors (Lipinski definition) is 3. The van der Waals surface area contributed by atoms with Crippen LogP contribution in [-0.2, 0) is 4.74 Å². The van der Waals surface area contributed by atoms with Crippen LogP contribution >= 0.6 is 0 Å². The van der Waals surface area contributed by atoms with Gasteiger partial charge < -0.3 is 10.1 Å². The van der Waals surface area contributed by atoms with Crippen molar-refractivity contribution in [2.75, 3.05) is 13.7 Å². The molecule has 0 aromatic carbocycles. The number of rotatable bonds is 4. The van der Waals surface area contributed by atoms with Crippen LogP contribution in [0.5, 0.6) is 0 Å². The van der Waals surface area contributed by atoms with Crippen molar-refractivity contribution in [1.29, 1.82) is 0 Å². The molecule has 0 aliphatic heterocycles. The second-order valence-electron chi connectivity index (χ2n) is 3.57. The first-order valence-electron chi connectivity index (χ1n) is 4.88. The number of nitrogens with zero attached hydrogens (tertiary/aromatic N) is 1. The van der Waals surface area contributed by atoms with E-state index in [9.17, 15) is 4.79 Å². The van der Waals surface area contributed by atoms with Gasteiger partial charge in [-0.15, -0.1) is 0 Å². The molecular formula is C10H17N3O2. The lowest BCUT2D eigenvalue weighted by Gasteiger charge is -2.10. The maximum Gasteiger partial charge on any atom is 0.255 e. The van der Waals surface area contributed by atoms with Crippen LogP contribution < -0.4 is 5.32 Å². The van der Waals surface area contributed by atoms with Crippen molar-refractivity contribution >= 4 is 5.91 Å². The van der Waals surface area contributed by atoms with Gasteiger partial charge in [-0.05, 0) is 20.8 Å². The second kappa shape index (κ2) is 4.93. The lowest BCUT2D eigenvalue weighted by atomic mass is 10.2. The molecule has 1 rings (SSSR count). The van der Waals surface area contributed by atoms with E-state index in [4.69, 9.17) is 4.74 Å². The third-order valence-corrected chi connectivity index (χ3v) is 2.31. The molecule has 15 heavy (non-hydrogen) atoms. The minimum atomic E-state index is -0.109. The highest BCUT2D eigenvalue weighted by Gasteiger charge is 2.15. The zero-order valence-corrected chi connectivity index (χ0v) is 9.55. The summed E-state index contributed by atoms with van der Waals surface area (Å²) < 4.78 is 5.04. The summed E-state index contributed by atoms with van der Waals surface area (Å²) in [7, 11) is 1.62. The minimum Gasteiger partial charge on any atom is -0.380 e. The molecule has 1 aromatic rings. The Morgan fingerprint density at radius 3 is 2.73 bits per heavy atom. The van der Waals surface area contributed by atoms with E-state index in [1.54, 1.807) is 14.0 Å². The summed E-state index contributed by atoms with van der Waals surface area (Å²) in [5, 5.41) is 9.54. The molecule has 84 valence electrons. The molecule has 1 heterocycles. The predicted octanol–water partition coefficient (Wildman–Crippen LogP) is 0.791. The number of ether oxygens (including phenoxy) is 1. The monoisotopic (exact) mass is 211 g/mol. The Kier molecular flexibility index (Phi) is 3.85. The number of aromatic amines is 1. The van der Waals surface area contributed by atoms with Gasteiger partial charge in [-0.3, -0.25) is 9.89 Å². The first-order valence-corrected chi connectivity index (χ1v) is 4.88. The van der Waals surface area contributed by atoms with Crippen LogP contribution in [0.15, 0.2) is 0 Å². The molecule has 0 aliphatic carbocycles. The van der Waals surface area contributed by atoms with E-state index in [2.05, 4.69) is 15.5 Å². The summed E-state index contributed by atoms with van der Waals surface area (Å²) >= 11 is 0. The fourth-order valence-corrected chi connectivity index (χ4v) is 1.29. The van der Waals surface area contributed by atoms with Crippen molar-refractivity contribution in [3.63, 3.8) is 0 Å². The van der Waals surface area contributed by atoms with E-state index in [-0.39, 0.29) is 12.0 Å². The Balaban J connectivity index is 2.62. The predicted molar refractivity (Wildman–Crippen MR) is 56.9 cm³/mol. The molecule has 0 saturated heterocycles. The molecule has 0 saturated carbocycles. The van der Waals surface area contributed by atoms with Crippen LogP contribution in [0.3, 0.4) is 0 Å². The van der Waals surface area contributed by atoms with Crippen LogP contribution in [0.4, 0.5) is 0 Å². The first-order chi connectivity index (χ1) is 7.06. The lowest BCUT2D eigenvalue weighted by molar-refractivity contribution is 0.0869. The Morgan fingerprint density at radius 2 is 2.27 bits per heavy atom. The molecule has 5 heteroatoms. The molecule has 2 N–H and O–H groups in total. The summed E-state index contributed by atoms with van der Waals surface area (Å²) in [5.41, 5.74) is 2.13. The van der Waals surface area contributed by atoms with E-state index in [1.165, 1.54) is 0 Å². The molecule has 0 aliphatic rings. The second-order valence-corrected chi connectivity index (χ2v) is 3.57. The average Bonchev–Trinajstić information content (AvgIpc) is 2.54. The van der Waals surface area contributed by atoms with Crippen LogP contribution in [0.25, 0.3) is 0 Å². The molecule has 1 aromatic heterocycles. The SMILES string of the molecule is COC(C)CNC(=O)c1c(C)n[nH]c1C. The largest absolute Gasteiger partial charge is 0.380 e. The molecule has 0 fully saturated rings. The van der Waals surface area contributed by atoms with Gasteiger partial charge in [0.25, 0.3) is 5.91 Å². The van der Waals surface area contributed by atoms with Crippen LogP contribution in [0.2, 0.25) is 0 Å². The molecule has 0 radical (unpaired) electrons. The zero-order valence-electron chi connectivity index (χ0n) is 9.55. The van der Waals surface area contributed by atoms with Crippen molar-refractivity contribution in [2.45, 2.75) is 26.9 Å². The summed E-state index contributed by atoms with van der Waals surface area (Å²) in [5.74, 6) is -0.109. The smallest absolute Gasteiger partial charge is 0.255 e. The van der Waals surface area contributed by atoms with Crippen LogP contribution in [0.1, 0.15) is 28.7 Å². The van der Waals surface area contributed by atoms with Gasteiger partial charge in [-0.2, -0.15) is 5.10 Å². The maximum absolute atomic E-state index is 11.7. The van der Waals surface area contributed by atoms with E-state index in [1.807, 2.05) is 13.8 Å². The molecule has 5 nitrogen and oxygen atoms in total. The number of carbonyl (C=O) groups excluding carboxylic acids is 1. The molecule has 1 amide bonds. The number of methoxy groups -OCH3 is 1. The average molecular weight is 211 g/mol. The first kappa shape index (κ1) is 11.7.